The Morgan fingerprint density at radius 3 is 2.41 bits per heavy atom. The Morgan fingerprint density at radius 1 is 1.16 bits per heavy atom. The third-order valence-electron chi connectivity index (χ3n) is 6.67. The van der Waals surface area contributed by atoms with Crippen LogP contribution >= 0.6 is 0 Å². The summed E-state index contributed by atoms with van der Waals surface area (Å²) in [6, 6.07) is 10.3. The SMILES string of the molecule is CC(CC(C)(C)CN(CCc1ccccc1)C(=N)NC(=N)N)C[N+]1(CCN)CCCCC1. The lowest BCUT2D eigenvalue weighted by atomic mass is 9.82. The van der Waals surface area contributed by atoms with Crippen molar-refractivity contribution < 1.29 is 4.48 Å². The maximum absolute atomic E-state index is 8.47. The first kappa shape index (κ1) is 26.1. The Balaban J connectivity index is 2.01. The molecule has 180 valence electrons. The fourth-order valence-corrected chi connectivity index (χ4v) is 5.59. The molecule has 0 spiro atoms. The van der Waals surface area contributed by atoms with Crippen LogP contribution in [0.25, 0.3) is 0 Å². The minimum absolute atomic E-state index is 0.0311. The number of guanidine groups is 2. The molecule has 7 nitrogen and oxygen atoms in total. The Kier molecular flexibility index (Phi) is 9.97. The van der Waals surface area contributed by atoms with Crippen LogP contribution in [0.5, 0.6) is 0 Å². The molecule has 1 aromatic carbocycles. The van der Waals surface area contributed by atoms with E-state index in [1.54, 1.807) is 0 Å². The molecule has 32 heavy (non-hydrogen) atoms. The van der Waals surface area contributed by atoms with E-state index in [1.807, 2.05) is 23.1 Å². The number of hydrogen-bond donors (Lipinski definition) is 5. The molecule has 0 aliphatic carbocycles. The molecule has 1 aliphatic rings. The first-order valence-electron chi connectivity index (χ1n) is 12.2. The van der Waals surface area contributed by atoms with Gasteiger partial charge >= 0.3 is 0 Å². The molecule has 1 aliphatic heterocycles. The second-order valence-electron chi connectivity index (χ2n) is 10.6. The number of nitrogens with one attached hydrogen (secondary N) is 3. The summed E-state index contributed by atoms with van der Waals surface area (Å²) >= 11 is 0. The van der Waals surface area contributed by atoms with E-state index in [2.05, 4.69) is 38.2 Å². The van der Waals surface area contributed by atoms with Gasteiger partial charge in [0.05, 0.1) is 26.2 Å². The van der Waals surface area contributed by atoms with Crippen molar-refractivity contribution in [1.29, 1.82) is 10.8 Å². The average molecular weight is 445 g/mol. The fraction of sp³-hybridized carbons (Fsp3) is 0.680. The predicted octanol–water partition coefficient (Wildman–Crippen LogP) is 2.96. The normalized spacial score (nSPS) is 16.9. The van der Waals surface area contributed by atoms with E-state index in [9.17, 15) is 0 Å². The lowest BCUT2D eigenvalue weighted by Crippen LogP contribution is -2.56. The van der Waals surface area contributed by atoms with Crippen molar-refractivity contribution >= 4 is 11.9 Å². The third kappa shape index (κ3) is 8.79. The molecule has 0 bridgehead atoms. The van der Waals surface area contributed by atoms with Crippen LogP contribution in [0.3, 0.4) is 0 Å². The topological polar surface area (TPSA) is 115 Å². The minimum Gasteiger partial charge on any atom is -0.370 e. The van der Waals surface area contributed by atoms with Crippen LogP contribution in [0.2, 0.25) is 0 Å². The monoisotopic (exact) mass is 444 g/mol. The molecule has 1 saturated heterocycles. The molecule has 0 radical (unpaired) electrons. The fourth-order valence-electron chi connectivity index (χ4n) is 5.59. The molecule has 1 atom stereocenters. The highest BCUT2D eigenvalue weighted by atomic mass is 15.4. The number of nitrogens with zero attached hydrogens (tertiary/aromatic N) is 2. The molecule has 1 unspecified atom stereocenters. The van der Waals surface area contributed by atoms with E-state index in [0.717, 1.165) is 32.5 Å². The van der Waals surface area contributed by atoms with E-state index in [1.165, 1.54) is 48.9 Å². The zero-order chi connectivity index (χ0) is 23.6. The first-order chi connectivity index (χ1) is 15.1. The van der Waals surface area contributed by atoms with Gasteiger partial charge in [0.25, 0.3) is 0 Å². The van der Waals surface area contributed by atoms with E-state index in [4.69, 9.17) is 22.3 Å². The van der Waals surface area contributed by atoms with Gasteiger partial charge in [0, 0.05) is 25.6 Å². The molecule has 2 rings (SSSR count). The van der Waals surface area contributed by atoms with Crippen LogP contribution in [0.15, 0.2) is 30.3 Å². The van der Waals surface area contributed by atoms with Gasteiger partial charge in [-0.1, -0.05) is 51.1 Å². The zero-order valence-corrected chi connectivity index (χ0v) is 20.5. The third-order valence-corrected chi connectivity index (χ3v) is 6.67. The van der Waals surface area contributed by atoms with Crippen LogP contribution < -0.4 is 16.8 Å². The van der Waals surface area contributed by atoms with Gasteiger partial charge in [-0.25, -0.2) is 0 Å². The highest BCUT2D eigenvalue weighted by molar-refractivity contribution is 5.94. The molecular weight excluding hydrogens is 398 g/mol. The molecule has 1 heterocycles. The summed E-state index contributed by atoms with van der Waals surface area (Å²) in [5.74, 6) is 0.599. The second-order valence-corrected chi connectivity index (χ2v) is 10.6. The Hall–Kier alpha value is -2.12. The average Bonchev–Trinajstić information content (AvgIpc) is 2.71. The molecule has 7 N–H and O–H groups in total. The van der Waals surface area contributed by atoms with Crippen molar-refractivity contribution in [3.05, 3.63) is 35.9 Å². The van der Waals surface area contributed by atoms with Crippen molar-refractivity contribution in [2.45, 2.75) is 52.9 Å². The minimum atomic E-state index is -0.191. The predicted molar refractivity (Wildman–Crippen MR) is 135 cm³/mol. The first-order valence-corrected chi connectivity index (χ1v) is 12.2. The molecule has 1 fully saturated rings. The van der Waals surface area contributed by atoms with E-state index in [0.29, 0.717) is 12.5 Å². The van der Waals surface area contributed by atoms with Gasteiger partial charge in [0.2, 0.25) is 0 Å². The van der Waals surface area contributed by atoms with Crippen LogP contribution in [0, 0.1) is 22.2 Å². The summed E-state index contributed by atoms with van der Waals surface area (Å²) in [6.45, 7) is 14.0. The number of rotatable bonds is 11. The number of likely N-dealkylation sites (tertiary alicyclic amines) is 1. The van der Waals surface area contributed by atoms with Crippen LogP contribution in [0.4, 0.5) is 0 Å². The van der Waals surface area contributed by atoms with Crippen molar-refractivity contribution in [3.63, 3.8) is 0 Å². The maximum Gasteiger partial charge on any atom is 0.197 e. The van der Waals surface area contributed by atoms with Gasteiger partial charge in [0.1, 0.15) is 0 Å². The Labute approximate surface area is 195 Å². The molecular formula is C25H46N7+. The molecule has 1 aromatic rings. The summed E-state index contributed by atoms with van der Waals surface area (Å²) in [4.78, 5) is 2.03. The molecule has 0 amide bonds. The summed E-state index contributed by atoms with van der Waals surface area (Å²) in [6.07, 6.45) is 5.93. The standard InChI is InChI=1S/C25H46N7/c1-21(19-32(17-13-26)15-8-5-9-16-32)18-25(2,3)20-31(24(29)30-23(27)28)14-12-22-10-6-4-7-11-22/h4,6-7,10-11,21H,5,8-9,12-20,26H2,1-3H3,(H5,27,28,29,30)/q+1. The zero-order valence-electron chi connectivity index (χ0n) is 20.5. The molecule has 0 aromatic heterocycles. The second kappa shape index (κ2) is 12.2. The number of piperidine rings is 1. The van der Waals surface area contributed by atoms with E-state index in [-0.39, 0.29) is 17.3 Å². The van der Waals surface area contributed by atoms with Gasteiger partial charge in [-0.2, -0.15) is 0 Å². The van der Waals surface area contributed by atoms with Crippen LogP contribution in [-0.2, 0) is 6.42 Å². The summed E-state index contributed by atoms with van der Waals surface area (Å²) in [5, 5.41) is 18.7. The van der Waals surface area contributed by atoms with Gasteiger partial charge < -0.3 is 20.9 Å². The van der Waals surface area contributed by atoms with Gasteiger partial charge in [-0.15, -0.1) is 0 Å². The summed E-state index contributed by atoms with van der Waals surface area (Å²) in [7, 11) is 0. The van der Waals surface area contributed by atoms with Crippen molar-refractivity contribution in [2.75, 3.05) is 45.8 Å². The van der Waals surface area contributed by atoms with Crippen molar-refractivity contribution in [2.24, 2.45) is 22.8 Å². The highest BCUT2D eigenvalue weighted by Gasteiger charge is 2.34. The van der Waals surface area contributed by atoms with Gasteiger partial charge in [-0.05, 0) is 43.1 Å². The van der Waals surface area contributed by atoms with E-state index < -0.39 is 0 Å². The van der Waals surface area contributed by atoms with Crippen molar-refractivity contribution in [3.8, 4) is 0 Å². The van der Waals surface area contributed by atoms with Crippen LogP contribution in [-0.4, -0.2) is 67.1 Å². The summed E-state index contributed by atoms with van der Waals surface area (Å²) in [5.41, 5.74) is 12.8. The number of quaternary nitrogens is 1. The Bertz CT molecular complexity index is 705. The van der Waals surface area contributed by atoms with Gasteiger partial charge in [0.15, 0.2) is 11.9 Å². The number of hydrogen-bond acceptors (Lipinski definition) is 3. The number of nitrogens with two attached hydrogens (primary N) is 2. The van der Waals surface area contributed by atoms with E-state index >= 15 is 0 Å². The lowest BCUT2D eigenvalue weighted by molar-refractivity contribution is -0.934. The lowest BCUT2D eigenvalue weighted by Gasteiger charge is -2.44. The highest BCUT2D eigenvalue weighted by Crippen LogP contribution is 2.30. The van der Waals surface area contributed by atoms with Crippen molar-refractivity contribution in [1.82, 2.24) is 10.2 Å². The van der Waals surface area contributed by atoms with Crippen LogP contribution in [0.1, 0.15) is 52.0 Å². The molecule has 7 heteroatoms. The Morgan fingerprint density at radius 2 is 1.81 bits per heavy atom. The number of benzene rings is 1. The smallest absolute Gasteiger partial charge is 0.197 e. The maximum atomic E-state index is 8.47. The largest absolute Gasteiger partial charge is 0.370 e. The quantitative estimate of drug-likeness (QED) is 0.205. The summed E-state index contributed by atoms with van der Waals surface area (Å²) < 4.78 is 1.17. The molecule has 0 saturated carbocycles. The van der Waals surface area contributed by atoms with Gasteiger partial charge in [-0.3, -0.25) is 16.1 Å².